The number of benzene rings is 1. The van der Waals surface area contributed by atoms with E-state index in [-0.39, 0.29) is 5.91 Å². The van der Waals surface area contributed by atoms with Crippen molar-refractivity contribution in [3.8, 4) is 0 Å². The van der Waals surface area contributed by atoms with Gasteiger partial charge in [-0.3, -0.25) is 4.79 Å². The minimum absolute atomic E-state index is 0.0195. The van der Waals surface area contributed by atoms with Gasteiger partial charge in [0.1, 0.15) is 5.65 Å². The van der Waals surface area contributed by atoms with Crippen molar-refractivity contribution in [3.05, 3.63) is 58.3 Å². The maximum atomic E-state index is 12.9. The molecule has 1 aliphatic rings. The third kappa shape index (κ3) is 1.96. The van der Waals surface area contributed by atoms with Gasteiger partial charge in [-0.2, -0.15) is 0 Å². The third-order valence-corrected chi connectivity index (χ3v) is 4.36. The van der Waals surface area contributed by atoms with E-state index in [2.05, 4.69) is 32.0 Å². The molecular formula is C16H12BrN3O. The predicted molar refractivity (Wildman–Crippen MR) is 85.6 cm³/mol. The van der Waals surface area contributed by atoms with Gasteiger partial charge in [0.15, 0.2) is 0 Å². The van der Waals surface area contributed by atoms with Crippen LogP contribution in [0.1, 0.15) is 15.9 Å². The number of amides is 1. The molecule has 0 spiro atoms. The van der Waals surface area contributed by atoms with Gasteiger partial charge in [-0.25, -0.2) is 4.98 Å². The van der Waals surface area contributed by atoms with Gasteiger partial charge in [-0.05, 0) is 36.2 Å². The molecule has 1 amide bonds. The largest absolute Gasteiger partial charge is 0.345 e. The van der Waals surface area contributed by atoms with Gasteiger partial charge in [-0.15, -0.1) is 0 Å². The van der Waals surface area contributed by atoms with Crippen molar-refractivity contribution in [1.82, 2.24) is 9.97 Å². The minimum atomic E-state index is 0.0195. The van der Waals surface area contributed by atoms with Gasteiger partial charge in [0, 0.05) is 34.5 Å². The van der Waals surface area contributed by atoms with Crippen LogP contribution in [0.15, 0.2) is 47.2 Å². The molecule has 0 unspecified atom stereocenters. The van der Waals surface area contributed by atoms with Crippen molar-refractivity contribution in [2.45, 2.75) is 6.42 Å². The van der Waals surface area contributed by atoms with Crippen molar-refractivity contribution >= 4 is 38.6 Å². The number of aromatic amines is 1. The summed E-state index contributed by atoms with van der Waals surface area (Å²) in [5.74, 6) is 0.0195. The summed E-state index contributed by atoms with van der Waals surface area (Å²) in [4.78, 5) is 22.0. The second-order valence-corrected chi connectivity index (χ2v) is 6.00. The molecule has 4 rings (SSSR count). The fraction of sp³-hybridized carbons (Fsp3) is 0.125. The van der Waals surface area contributed by atoms with Crippen molar-refractivity contribution in [3.63, 3.8) is 0 Å². The quantitative estimate of drug-likeness (QED) is 0.736. The number of halogens is 1. The topological polar surface area (TPSA) is 49.0 Å². The first-order chi connectivity index (χ1) is 10.2. The lowest BCUT2D eigenvalue weighted by molar-refractivity contribution is 0.0991. The lowest BCUT2D eigenvalue weighted by atomic mass is 10.1. The zero-order chi connectivity index (χ0) is 14.4. The van der Waals surface area contributed by atoms with Crippen molar-refractivity contribution in [2.75, 3.05) is 11.4 Å². The van der Waals surface area contributed by atoms with Gasteiger partial charge < -0.3 is 9.88 Å². The van der Waals surface area contributed by atoms with Crippen LogP contribution in [-0.4, -0.2) is 22.4 Å². The number of fused-ring (bicyclic) bond motifs is 2. The van der Waals surface area contributed by atoms with Crippen molar-refractivity contribution in [1.29, 1.82) is 0 Å². The first-order valence-corrected chi connectivity index (χ1v) is 7.56. The average Bonchev–Trinajstić information content (AvgIpc) is 3.10. The molecule has 1 aromatic carbocycles. The zero-order valence-electron chi connectivity index (χ0n) is 11.1. The zero-order valence-corrected chi connectivity index (χ0v) is 12.7. The van der Waals surface area contributed by atoms with Crippen LogP contribution in [0.25, 0.3) is 11.0 Å². The van der Waals surface area contributed by atoms with Gasteiger partial charge in [0.25, 0.3) is 5.91 Å². The average molecular weight is 342 g/mol. The Morgan fingerprint density at radius 1 is 1.33 bits per heavy atom. The molecule has 0 atom stereocenters. The van der Waals surface area contributed by atoms with Crippen LogP contribution < -0.4 is 4.90 Å². The second-order valence-electron chi connectivity index (χ2n) is 5.08. The highest BCUT2D eigenvalue weighted by molar-refractivity contribution is 9.10. The van der Waals surface area contributed by atoms with E-state index in [0.29, 0.717) is 5.56 Å². The summed E-state index contributed by atoms with van der Waals surface area (Å²) >= 11 is 3.48. The van der Waals surface area contributed by atoms with E-state index in [1.165, 1.54) is 5.56 Å². The molecule has 2 aromatic heterocycles. The highest BCUT2D eigenvalue weighted by Gasteiger charge is 2.27. The van der Waals surface area contributed by atoms with Crippen LogP contribution in [0, 0.1) is 0 Å². The lowest BCUT2D eigenvalue weighted by Crippen LogP contribution is -2.28. The minimum Gasteiger partial charge on any atom is -0.345 e. The summed E-state index contributed by atoms with van der Waals surface area (Å²) < 4.78 is 0.988. The van der Waals surface area contributed by atoms with E-state index in [4.69, 9.17) is 0 Å². The number of H-pyrrole nitrogens is 1. The molecule has 1 aliphatic heterocycles. The Morgan fingerprint density at radius 3 is 3.14 bits per heavy atom. The smallest absolute Gasteiger partial charge is 0.260 e. The van der Waals surface area contributed by atoms with Crippen LogP contribution >= 0.6 is 15.9 Å². The molecule has 1 N–H and O–H groups in total. The summed E-state index contributed by atoms with van der Waals surface area (Å²) in [5, 5.41) is 0.867. The summed E-state index contributed by atoms with van der Waals surface area (Å²) in [7, 11) is 0. The Balaban J connectivity index is 1.79. The van der Waals surface area contributed by atoms with E-state index in [0.717, 1.165) is 34.2 Å². The molecule has 0 aliphatic carbocycles. The predicted octanol–water partition coefficient (Wildman–Crippen LogP) is 3.53. The number of anilines is 1. The molecule has 21 heavy (non-hydrogen) atoms. The highest BCUT2D eigenvalue weighted by Crippen LogP contribution is 2.32. The Morgan fingerprint density at radius 2 is 2.24 bits per heavy atom. The number of carbonyl (C=O) groups excluding carboxylic acids is 1. The SMILES string of the molecule is O=C(c1c[nH]c2ncccc12)N1CCc2ccc(Br)cc21. The molecule has 4 nitrogen and oxygen atoms in total. The summed E-state index contributed by atoms with van der Waals surface area (Å²) in [6.07, 6.45) is 4.36. The van der Waals surface area contributed by atoms with Crippen LogP contribution in [0.5, 0.6) is 0 Å². The monoisotopic (exact) mass is 341 g/mol. The first kappa shape index (κ1) is 12.6. The number of carbonyl (C=O) groups is 1. The highest BCUT2D eigenvalue weighted by atomic mass is 79.9. The molecule has 0 saturated heterocycles. The molecule has 0 saturated carbocycles. The number of nitrogens with one attached hydrogen (secondary N) is 1. The van der Waals surface area contributed by atoms with Gasteiger partial charge in [0.2, 0.25) is 0 Å². The summed E-state index contributed by atoms with van der Waals surface area (Å²) in [6, 6.07) is 9.87. The Labute approximate surface area is 129 Å². The molecule has 3 aromatic rings. The van der Waals surface area contributed by atoms with E-state index >= 15 is 0 Å². The normalized spacial score (nSPS) is 13.7. The third-order valence-electron chi connectivity index (χ3n) is 3.87. The summed E-state index contributed by atoms with van der Waals surface area (Å²) in [6.45, 7) is 0.720. The number of hydrogen-bond acceptors (Lipinski definition) is 2. The molecular weight excluding hydrogens is 330 g/mol. The maximum absolute atomic E-state index is 12.9. The number of hydrogen-bond donors (Lipinski definition) is 1. The van der Waals surface area contributed by atoms with Crippen LogP contribution in [-0.2, 0) is 6.42 Å². The fourth-order valence-electron chi connectivity index (χ4n) is 2.84. The molecule has 0 fully saturated rings. The summed E-state index contributed by atoms with van der Waals surface area (Å²) in [5.41, 5.74) is 3.62. The van der Waals surface area contributed by atoms with E-state index in [1.54, 1.807) is 12.4 Å². The molecule has 5 heteroatoms. The standard InChI is InChI=1S/C16H12BrN3O/c17-11-4-3-10-5-7-20(14(10)8-11)16(21)13-9-19-15-12(13)2-1-6-18-15/h1-4,6,8-9H,5,7H2,(H,18,19). The van der Waals surface area contributed by atoms with Crippen LogP contribution in [0.2, 0.25) is 0 Å². The molecule has 0 radical (unpaired) electrons. The van der Waals surface area contributed by atoms with Gasteiger partial charge in [0.05, 0.1) is 5.56 Å². The van der Waals surface area contributed by atoms with Crippen molar-refractivity contribution in [2.24, 2.45) is 0 Å². The Hall–Kier alpha value is -2.14. The van der Waals surface area contributed by atoms with E-state index < -0.39 is 0 Å². The molecule has 0 bridgehead atoms. The van der Waals surface area contributed by atoms with Crippen LogP contribution in [0.3, 0.4) is 0 Å². The van der Waals surface area contributed by atoms with E-state index in [1.807, 2.05) is 29.2 Å². The van der Waals surface area contributed by atoms with Gasteiger partial charge in [-0.1, -0.05) is 22.0 Å². The number of nitrogens with zero attached hydrogens (tertiary/aromatic N) is 2. The number of rotatable bonds is 1. The number of aromatic nitrogens is 2. The molecule has 3 heterocycles. The van der Waals surface area contributed by atoms with Gasteiger partial charge >= 0.3 is 0 Å². The van der Waals surface area contributed by atoms with Crippen molar-refractivity contribution < 1.29 is 4.79 Å². The Bertz CT molecular complexity index is 856. The fourth-order valence-corrected chi connectivity index (χ4v) is 3.19. The lowest BCUT2D eigenvalue weighted by Gasteiger charge is -2.17. The molecule has 104 valence electrons. The van der Waals surface area contributed by atoms with Crippen LogP contribution in [0.4, 0.5) is 5.69 Å². The maximum Gasteiger partial charge on any atom is 0.260 e. The first-order valence-electron chi connectivity index (χ1n) is 6.76. The van der Waals surface area contributed by atoms with E-state index in [9.17, 15) is 4.79 Å². The Kier molecular flexibility index (Phi) is 2.82. The second kappa shape index (κ2) is 4.70. The number of pyridine rings is 1.